The predicted octanol–water partition coefficient (Wildman–Crippen LogP) is 2.48. The second-order valence-electron chi connectivity index (χ2n) is 7.71. The fraction of sp³-hybridized carbons (Fsp3) is 0.842. The van der Waals surface area contributed by atoms with Gasteiger partial charge in [-0.05, 0) is 51.6 Å². The molecular formula is C19H35F3IN7O. The van der Waals surface area contributed by atoms with E-state index in [0.717, 1.165) is 50.4 Å². The topological polar surface area (TPSA) is 79.6 Å². The number of aryl methyl sites for hydroxylation is 1. The number of rotatable bonds is 10. The highest BCUT2D eigenvalue weighted by molar-refractivity contribution is 14.0. The van der Waals surface area contributed by atoms with Crippen LogP contribution in [0.1, 0.15) is 37.3 Å². The van der Waals surface area contributed by atoms with Gasteiger partial charge in [-0.2, -0.15) is 13.2 Å². The number of nitrogens with one attached hydrogen (secondary N) is 2. The summed E-state index contributed by atoms with van der Waals surface area (Å²) in [7, 11) is 3.58. The van der Waals surface area contributed by atoms with Crippen LogP contribution in [0, 0.1) is 12.8 Å². The van der Waals surface area contributed by atoms with E-state index in [2.05, 4.69) is 25.8 Å². The van der Waals surface area contributed by atoms with Crippen molar-refractivity contribution < 1.29 is 17.9 Å². The Morgan fingerprint density at radius 2 is 1.87 bits per heavy atom. The number of aromatic nitrogens is 3. The molecule has 0 spiro atoms. The first kappa shape index (κ1) is 27.9. The lowest BCUT2D eigenvalue weighted by molar-refractivity contribution is -0.148. The number of alkyl halides is 3. The number of piperidine rings is 1. The molecule has 180 valence electrons. The maximum atomic E-state index is 12.5. The largest absolute Gasteiger partial charge is 0.401 e. The predicted molar refractivity (Wildman–Crippen MR) is 125 cm³/mol. The second-order valence-corrected chi connectivity index (χ2v) is 7.71. The smallest absolute Gasteiger partial charge is 0.385 e. The number of guanidine groups is 1. The van der Waals surface area contributed by atoms with E-state index in [1.54, 1.807) is 7.11 Å². The van der Waals surface area contributed by atoms with Crippen LogP contribution in [0.25, 0.3) is 0 Å². The lowest BCUT2D eigenvalue weighted by atomic mass is 9.93. The van der Waals surface area contributed by atoms with Crippen molar-refractivity contribution in [3.05, 3.63) is 11.6 Å². The Bertz CT molecular complexity index is 661. The molecule has 1 aromatic rings. The van der Waals surface area contributed by atoms with E-state index >= 15 is 0 Å². The molecule has 1 aliphatic heterocycles. The Hall–Kier alpha value is -1.15. The summed E-state index contributed by atoms with van der Waals surface area (Å²) in [5, 5.41) is 14.8. The van der Waals surface area contributed by atoms with E-state index < -0.39 is 12.7 Å². The van der Waals surface area contributed by atoms with Gasteiger partial charge in [-0.1, -0.05) is 0 Å². The van der Waals surface area contributed by atoms with Crippen LogP contribution in [0.5, 0.6) is 0 Å². The average Bonchev–Trinajstić information content (AvgIpc) is 3.01. The molecule has 31 heavy (non-hydrogen) atoms. The van der Waals surface area contributed by atoms with Gasteiger partial charge < -0.3 is 19.9 Å². The maximum Gasteiger partial charge on any atom is 0.401 e. The van der Waals surface area contributed by atoms with Crippen LogP contribution in [0.15, 0.2) is 4.99 Å². The molecular weight excluding hydrogens is 526 g/mol. The minimum Gasteiger partial charge on any atom is -0.385 e. The van der Waals surface area contributed by atoms with Gasteiger partial charge in [0.25, 0.3) is 0 Å². The molecule has 0 aromatic carbocycles. The van der Waals surface area contributed by atoms with Gasteiger partial charge >= 0.3 is 6.18 Å². The van der Waals surface area contributed by atoms with Crippen molar-refractivity contribution in [2.75, 3.05) is 46.4 Å². The summed E-state index contributed by atoms with van der Waals surface area (Å²) >= 11 is 0. The summed E-state index contributed by atoms with van der Waals surface area (Å²) in [5.74, 6) is 2.74. The molecule has 1 saturated heterocycles. The summed E-state index contributed by atoms with van der Waals surface area (Å²) < 4.78 is 44.5. The van der Waals surface area contributed by atoms with Gasteiger partial charge in [0.2, 0.25) is 0 Å². The molecule has 0 atom stereocenters. The number of ether oxygens (including phenoxy) is 1. The van der Waals surface area contributed by atoms with E-state index in [9.17, 15) is 13.2 Å². The summed E-state index contributed by atoms with van der Waals surface area (Å²) in [6.07, 6.45) is -0.761. The summed E-state index contributed by atoms with van der Waals surface area (Å²) in [5.41, 5.74) is 0. The van der Waals surface area contributed by atoms with Crippen molar-refractivity contribution in [1.29, 1.82) is 0 Å². The maximum absolute atomic E-state index is 12.5. The van der Waals surface area contributed by atoms with Crippen molar-refractivity contribution >= 4 is 29.9 Å². The molecule has 0 amide bonds. The fourth-order valence-corrected chi connectivity index (χ4v) is 3.42. The van der Waals surface area contributed by atoms with Crippen LogP contribution in [-0.4, -0.2) is 78.2 Å². The molecule has 12 heteroatoms. The van der Waals surface area contributed by atoms with Crippen molar-refractivity contribution in [3.8, 4) is 0 Å². The Labute approximate surface area is 199 Å². The minimum atomic E-state index is -4.12. The lowest BCUT2D eigenvalue weighted by Gasteiger charge is -2.32. The van der Waals surface area contributed by atoms with Gasteiger partial charge in [-0.3, -0.25) is 4.90 Å². The first-order chi connectivity index (χ1) is 14.3. The van der Waals surface area contributed by atoms with E-state index in [-0.39, 0.29) is 24.0 Å². The molecule has 1 fully saturated rings. The number of likely N-dealkylation sites (tertiary alicyclic amines) is 1. The quantitative estimate of drug-likeness (QED) is 0.198. The number of nitrogens with zero attached hydrogens (tertiary/aromatic N) is 5. The van der Waals surface area contributed by atoms with Crippen molar-refractivity contribution in [2.24, 2.45) is 18.0 Å². The SMILES string of the molecule is COCCCNC(=NCc1nnc(C)n1C)NCCC1CCN(CC(F)(F)F)CC1.I. The third-order valence-corrected chi connectivity index (χ3v) is 5.33. The highest BCUT2D eigenvalue weighted by Gasteiger charge is 2.32. The fourth-order valence-electron chi connectivity index (χ4n) is 3.42. The molecule has 0 saturated carbocycles. The molecule has 2 heterocycles. The number of aliphatic imine (C=N–C) groups is 1. The molecule has 2 rings (SSSR count). The minimum absolute atomic E-state index is 0. The number of methoxy groups -OCH3 is 1. The van der Waals surface area contributed by atoms with E-state index in [0.29, 0.717) is 38.1 Å². The van der Waals surface area contributed by atoms with Crippen LogP contribution >= 0.6 is 24.0 Å². The van der Waals surface area contributed by atoms with E-state index in [1.807, 2.05) is 18.5 Å². The number of hydrogen-bond donors (Lipinski definition) is 2. The van der Waals surface area contributed by atoms with Crippen molar-refractivity contribution in [3.63, 3.8) is 0 Å². The first-order valence-corrected chi connectivity index (χ1v) is 10.4. The van der Waals surface area contributed by atoms with Crippen LogP contribution < -0.4 is 10.6 Å². The monoisotopic (exact) mass is 561 g/mol. The Balaban J connectivity index is 0.00000480. The lowest BCUT2D eigenvalue weighted by Crippen LogP contribution is -2.42. The summed E-state index contributed by atoms with van der Waals surface area (Å²) in [6.45, 7) is 4.62. The molecule has 1 aromatic heterocycles. The third-order valence-electron chi connectivity index (χ3n) is 5.33. The third kappa shape index (κ3) is 10.8. The van der Waals surface area contributed by atoms with Crippen LogP contribution in [-0.2, 0) is 18.3 Å². The van der Waals surface area contributed by atoms with Crippen LogP contribution in [0.3, 0.4) is 0 Å². The Morgan fingerprint density at radius 3 is 2.45 bits per heavy atom. The van der Waals surface area contributed by atoms with Crippen LogP contribution in [0.4, 0.5) is 13.2 Å². The molecule has 0 radical (unpaired) electrons. The van der Waals surface area contributed by atoms with E-state index in [4.69, 9.17) is 4.74 Å². The van der Waals surface area contributed by atoms with E-state index in [1.165, 1.54) is 4.90 Å². The zero-order valence-electron chi connectivity index (χ0n) is 18.5. The van der Waals surface area contributed by atoms with Gasteiger partial charge in [0.05, 0.1) is 6.54 Å². The molecule has 2 N–H and O–H groups in total. The highest BCUT2D eigenvalue weighted by Crippen LogP contribution is 2.23. The summed E-state index contributed by atoms with van der Waals surface area (Å²) in [4.78, 5) is 6.09. The second kappa shape index (κ2) is 14.1. The first-order valence-electron chi connectivity index (χ1n) is 10.4. The van der Waals surface area contributed by atoms with Crippen molar-refractivity contribution in [2.45, 2.75) is 45.3 Å². The molecule has 8 nitrogen and oxygen atoms in total. The normalized spacial score (nSPS) is 16.3. The van der Waals surface area contributed by atoms with Crippen LogP contribution in [0.2, 0.25) is 0 Å². The molecule has 0 unspecified atom stereocenters. The number of halogens is 4. The van der Waals surface area contributed by atoms with Gasteiger partial charge in [0.1, 0.15) is 12.4 Å². The molecule has 0 aliphatic carbocycles. The average molecular weight is 561 g/mol. The standard InChI is InChI=1S/C19H34F3N7O.HI/c1-15-26-27-17(28(15)2)13-25-18(23-8-4-12-30-3)24-9-5-16-6-10-29(11-7-16)14-19(20,21)22;/h16H,4-14H2,1-3H3,(H2,23,24,25);1H. The zero-order valence-corrected chi connectivity index (χ0v) is 20.9. The van der Waals surface area contributed by atoms with Gasteiger partial charge in [-0.25, -0.2) is 4.99 Å². The van der Waals surface area contributed by atoms with Gasteiger partial charge in [-0.15, -0.1) is 34.2 Å². The highest BCUT2D eigenvalue weighted by atomic mass is 127. The Morgan fingerprint density at radius 1 is 1.19 bits per heavy atom. The molecule has 1 aliphatic rings. The van der Waals surface area contributed by atoms with Gasteiger partial charge in [0, 0.05) is 33.9 Å². The number of hydrogen-bond acceptors (Lipinski definition) is 5. The summed E-state index contributed by atoms with van der Waals surface area (Å²) in [6, 6.07) is 0. The Kier molecular flexibility index (Phi) is 12.7. The van der Waals surface area contributed by atoms with Crippen molar-refractivity contribution in [1.82, 2.24) is 30.3 Å². The van der Waals surface area contributed by atoms with Gasteiger partial charge in [0.15, 0.2) is 11.8 Å². The molecule has 0 bridgehead atoms. The zero-order chi connectivity index (χ0) is 22.0.